The molecule has 5 rings (SSSR count). The first-order valence-corrected chi connectivity index (χ1v) is 12.2. The van der Waals surface area contributed by atoms with Crippen molar-refractivity contribution >= 4 is 35.6 Å². The van der Waals surface area contributed by atoms with Gasteiger partial charge in [-0.15, -0.1) is 0 Å². The number of hydrogen-bond donors (Lipinski definition) is 0. The average molecular weight is 540 g/mol. The molecule has 3 amide bonds. The minimum absolute atomic E-state index is 0.0488. The van der Waals surface area contributed by atoms with Crippen molar-refractivity contribution in [3.63, 3.8) is 0 Å². The maximum Gasteiger partial charge on any atom is 0.416 e. The number of amides is 3. The summed E-state index contributed by atoms with van der Waals surface area (Å²) in [6, 6.07) is 9.12. The third-order valence-corrected chi connectivity index (χ3v) is 5.94. The number of nitrogens with zero attached hydrogens (tertiary/aromatic N) is 5. The zero-order chi connectivity index (χ0) is 27.7. The number of carbonyl (C=O) groups is 3. The Labute approximate surface area is 222 Å². The highest BCUT2D eigenvalue weighted by Crippen LogP contribution is 2.30. The number of ether oxygens (including phenoxy) is 3. The van der Waals surface area contributed by atoms with Gasteiger partial charge in [-0.25, -0.2) is 23.8 Å². The normalized spacial score (nSPS) is 17.3. The number of anilines is 3. The van der Waals surface area contributed by atoms with Crippen LogP contribution in [-0.2, 0) is 14.2 Å². The maximum atomic E-state index is 15.2. The maximum absolute atomic E-state index is 15.2. The van der Waals surface area contributed by atoms with Crippen LogP contribution in [-0.4, -0.2) is 66.4 Å². The smallest absolute Gasteiger partial charge is 0.416 e. The van der Waals surface area contributed by atoms with E-state index in [2.05, 4.69) is 10.1 Å². The summed E-state index contributed by atoms with van der Waals surface area (Å²) in [7, 11) is 0. The van der Waals surface area contributed by atoms with E-state index in [1.165, 1.54) is 45.4 Å². The summed E-state index contributed by atoms with van der Waals surface area (Å²) in [5, 5.41) is 3.80. The monoisotopic (exact) mass is 539 g/mol. The van der Waals surface area contributed by atoms with Crippen LogP contribution in [0.25, 0.3) is 11.1 Å². The van der Waals surface area contributed by atoms with Crippen molar-refractivity contribution < 1.29 is 37.5 Å². The standard InChI is InChI=1S/C26H26FN5O7/c1-26(2,3)39-25(35)32(22-8-10-37-29-22)15-18-14-31(24(34)38-18)17-5-6-19(20(27)12-17)16-4-7-21(28-13-16)30-9-11-36-23(30)33/h4-8,10,12-13,18H,9,11,14-15H2,1-3H3. The molecule has 204 valence electrons. The Morgan fingerprint density at radius 2 is 1.97 bits per heavy atom. The number of pyridine rings is 1. The Balaban J connectivity index is 1.29. The van der Waals surface area contributed by atoms with Crippen molar-refractivity contribution in [2.75, 3.05) is 40.9 Å². The minimum atomic E-state index is -0.757. The van der Waals surface area contributed by atoms with Gasteiger partial charge in [-0.05, 0) is 51.1 Å². The fraction of sp³-hybridized carbons (Fsp3) is 0.346. The van der Waals surface area contributed by atoms with Gasteiger partial charge in [0.15, 0.2) is 5.82 Å². The molecule has 0 N–H and O–H groups in total. The van der Waals surface area contributed by atoms with Gasteiger partial charge in [0.05, 0.1) is 25.3 Å². The number of benzene rings is 1. The molecule has 2 aliphatic heterocycles. The van der Waals surface area contributed by atoms with Crippen molar-refractivity contribution in [3.05, 3.63) is 54.7 Å². The number of halogens is 1. The fourth-order valence-electron chi connectivity index (χ4n) is 4.17. The molecule has 2 aliphatic rings. The molecule has 2 aromatic heterocycles. The SMILES string of the molecule is CC(C)(C)OC(=O)N(CC1CN(c2ccc(-c3ccc(N4CCOC4=O)nc3)c(F)c2)C(=O)O1)c1ccon1. The van der Waals surface area contributed by atoms with E-state index in [1.54, 1.807) is 39.0 Å². The highest BCUT2D eigenvalue weighted by Gasteiger charge is 2.37. The summed E-state index contributed by atoms with van der Waals surface area (Å²) in [6.07, 6.45) is 0.208. The van der Waals surface area contributed by atoms with Gasteiger partial charge in [0.25, 0.3) is 0 Å². The highest BCUT2D eigenvalue weighted by molar-refractivity contribution is 5.91. The first kappa shape index (κ1) is 25.9. The van der Waals surface area contributed by atoms with Crippen LogP contribution in [0.2, 0.25) is 0 Å². The predicted molar refractivity (Wildman–Crippen MR) is 136 cm³/mol. The molecule has 3 aromatic rings. The van der Waals surface area contributed by atoms with Crippen LogP contribution in [0.5, 0.6) is 0 Å². The van der Waals surface area contributed by atoms with Gasteiger partial charge in [-0.3, -0.25) is 14.7 Å². The lowest BCUT2D eigenvalue weighted by Gasteiger charge is -2.26. The molecule has 39 heavy (non-hydrogen) atoms. The second kappa shape index (κ2) is 10.2. The van der Waals surface area contributed by atoms with Crippen LogP contribution in [0.15, 0.2) is 53.4 Å². The Kier molecular flexibility index (Phi) is 6.81. The number of carbonyl (C=O) groups excluding carboxylic acids is 3. The van der Waals surface area contributed by atoms with Crippen LogP contribution in [0.3, 0.4) is 0 Å². The third-order valence-electron chi connectivity index (χ3n) is 5.94. The van der Waals surface area contributed by atoms with E-state index in [1.807, 2.05) is 0 Å². The lowest BCUT2D eigenvalue weighted by molar-refractivity contribution is 0.0556. The zero-order valence-electron chi connectivity index (χ0n) is 21.5. The molecule has 4 heterocycles. The zero-order valence-corrected chi connectivity index (χ0v) is 21.5. The lowest BCUT2D eigenvalue weighted by Crippen LogP contribution is -2.42. The minimum Gasteiger partial charge on any atom is -0.447 e. The summed E-state index contributed by atoms with van der Waals surface area (Å²) < 4.78 is 35.9. The molecule has 0 spiro atoms. The number of aromatic nitrogens is 2. The molecule has 13 heteroatoms. The van der Waals surface area contributed by atoms with Crippen molar-refractivity contribution in [2.24, 2.45) is 0 Å². The van der Waals surface area contributed by atoms with Crippen molar-refractivity contribution in [1.82, 2.24) is 10.1 Å². The van der Waals surface area contributed by atoms with E-state index in [0.717, 1.165) is 0 Å². The third kappa shape index (κ3) is 5.61. The van der Waals surface area contributed by atoms with E-state index in [-0.39, 0.29) is 31.1 Å². The Morgan fingerprint density at radius 3 is 2.59 bits per heavy atom. The second-order valence-electron chi connectivity index (χ2n) is 9.90. The van der Waals surface area contributed by atoms with E-state index >= 15 is 4.39 Å². The van der Waals surface area contributed by atoms with Crippen LogP contribution < -0.4 is 14.7 Å². The van der Waals surface area contributed by atoms with Crippen molar-refractivity contribution in [1.29, 1.82) is 0 Å². The molecule has 2 saturated heterocycles. The van der Waals surface area contributed by atoms with Crippen LogP contribution in [0.1, 0.15) is 20.8 Å². The van der Waals surface area contributed by atoms with Gasteiger partial charge < -0.3 is 18.7 Å². The molecule has 12 nitrogen and oxygen atoms in total. The van der Waals surface area contributed by atoms with Gasteiger partial charge in [-0.2, -0.15) is 0 Å². The first-order chi connectivity index (χ1) is 18.6. The Hall–Kier alpha value is -4.68. The van der Waals surface area contributed by atoms with E-state index in [0.29, 0.717) is 23.6 Å². The molecule has 0 bridgehead atoms. The Bertz CT molecular complexity index is 1370. The van der Waals surface area contributed by atoms with Gasteiger partial charge >= 0.3 is 18.3 Å². The number of rotatable bonds is 6. The Morgan fingerprint density at radius 1 is 1.15 bits per heavy atom. The predicted octanol–water partition coefficient (Wildman–Crippen LogP) is 4.60. The van der Waals surface area contributed by atoms with Crippen LogP contribution in [0.4, 0.5) is 36.1 Å². The van der Waals surface area contributed by atoms with E-state index in [9.17, 15) is 14.4 Å². The largest absolute Gasteiger partial charge is 0.447 e. The number of cyclic esters (lactones) is 2. The second-order valence-corrected chi connectivity index (χ2v) is 9.90. The number of hydrogen-bond acceptors (Lipinski definition) is 9. The molecule has 1 aromatic carbocycles. The van der Waals surface area contributed by atoms with Crippen LogP contribution in [0, 0.1) is 5.82 Å². The summed E-state index contributed by atoms with van der Waals surface area (Å²) in [5.74, 6) is 0.0439. The van der Waals surface area contributed by atoms with Crippen molar-refractivity contribution in [2.45, 2.75) is 32.5 Å². The molecule has 2 fully saturated rings. The fourth-order valence-corrected chi connectivity index (χ4v) is 4.17. The summed E-state index contributed by atoms with van der Waals surface area (Å²) in [6.45, 7) is 5.90. The lowest BCUT2D eigenvalue weighted by atomic mass is 10.1. The molecule has 1 unspecified atom stereocenters. The van der Waals surface area contributed by atoms with Gasteiger partial charge in [-0.1, -0.05) is 5.16 Å². The molecule has 0 saturated carbocycles. The molecule has 0 aliphatic carbocycles. The molecule has 1 atom stereocenters. The average Bonchev–Trinajstić information content (AvgIpc) is 3.63. The van der Waals surface area contributed by atoms with Gasteiger partial charge in [0, 0.05) is 23.4 Å². The summed E-state index contributed by atoms with van der Waals surface area (Å²) >= 11 is 0. The highest BCUT2D eigenvalue weighted by atomic mass is 19.1. The molecular weight excluding hydrogens is 513 g/mol. The summed E-state index contributed by atoms with van der Waals surface area (Å²) in [4.78, 5) is 45.4. The topological polar surface area (TPSA) is 128 Å². The quantitative estimate of drug-likeness (QED) is 0.413. The van der Waals surface area contributed by atoms with Gasteiger partial charge in [0.1, 0.15) is 36.2 Å². The van der Waals surface area contributed by atoms with E-state index < -0.39 is 35.8 Å². The molecule has 0 radical (unpaired) electrons. The van der Waals surface area contributed by atoms with Gasteiger partial charge in [0.2, 0.25) is 0 Å². The van der Waals surface area contributed by atoms with Crippen molar-refractivity contribution in [3.8, 4) is 11.1 Å². The summed E-state index contributed by atoms with van der Waals surface area (Å²) in [5.41, 5.74) is 0.302. The van der Waals surface area contributed by atoms with E-state index in [4.69, 9.17) is 18.7 Å². The first-order valence-electron chi connectivity index (χ1n) is 12.2. The molecular formula is C26H26FN5O7. The van der Waals surface area contributed by atoms with Crippen LogP contribution >= 0.6 is 0 Å².